The quantitative estimate of drug-likeness (QED) is 0.790. The number of amides is 1. The summed E-state index contributed by atoms with van der Waals surface area (Å²) >= 11 is 5.88. The highest BCUT2D eigenvalue weighted by Gasteiger charge is 2.35. The summed E-state index contributed by atoms with van der Waals surface area (Å²) in [5.74, 6) is -0.919. The topological polar surface area (TPSA) is 66.5 Å². The molecule has 0 heterocycles. The maximum absolute atomic E-state index is 13.1. The molecule has 0 radical (unpaired) electrons. The Bertz CT molecular complexity index is 948. The molecule has 1 atom stereocenters. The largest absolute Gasteiger partial charge is 0.418 e. The van der Waals surface area contributed by atoms with E-state index in [-0.39, 0.29) is 10.7 Å². The summed E-state index contributed by atoms with van der Waals surface area (Å²) in [6, 6.07) is 8.92. The lowest BCUT2D eigenvalue weighted by Crippen LogP contribution is -2.45. The first kappa shape index (κ1) is 21.0. The third-order valence-corrected chi connectivity index (χ3v) is 5.12. The number of anilines is 2. The molecule has 2 aromatic carbocycles. The van der Waals surface area contributed by atoms with Crippen LogP contribution in [0.1, 0.15) is 12.5 Å². The lowest BCUT2D eigenvalue weighted by Gasteiger charge is -2.28. The van der Waals surface area contributed by atoms with E-state index in [0.29, 0.717) is 0 Å². The molecule has 0 bridgehead atoms. The first-order valence-corrected chi connectivity index (χ1v) is 9.86. The maximum atomic E-state index is 13.1. The Hall–Kier alpha value is -2.26. The molecule has 0 spiro atoms. The number of rotatable bonds is 5. The number of hydrogen-bond acceptors (Lipinski definition) is 3. The minimum Gasteiger partial charge on any atom is -0.324 e. The molecule has 5 nitrogen and oxygen atoms in total. The molecular weight excluding hydrogens is 405 g/mol. The minimum absolute atomic E-state index is 0.122. The summed E-state index contributed by atoms with van der Waals surface area (Å²) in [4.78, 5) is 12.5. The smallest absolute Gasteiger partial charge is 0.324 e. The number of sulfonamides is 1. The van der Waals surface area contributed by atoms with Crippen molar-refractivity contribution in [1.29, 1.82) is 0 Å². The molecule has 0 fully saturated rings. The van der Waals surface area contributed by atoms with Crippen LogP contribution < -0.4 is 9.62 Å². The van der Waals surface area contributed by atoms with E-state index in [1.165, 1.54) is 43.3 Å². The standard InChI is InChI=1S/C17H16ClF3N2O3S/c1-11(23(27(2,25)26)13-7-5-6-12(18)10-13)16(24)22-15-9-4-3-8-14(15)17(19,20)21/h3-11H,1-2H3,(H,22,24). The van der Waals surface area contributed by atoms with Gasteiger partial charge in [-0.15, -0.1) is 0 Å². The van der Waals surface area contributed by atoms with Crippen LogP contribution in [0.3, 0.4) is 0 Å². The average Bonchev–Trinajstić information content (AvgIpc) is 2.53. The number of para-hydroxylation sites is 1. The van der Waals surface area contributed by atoms with E-state index >= 15 is 0 Å². The van der Waals surface area contributed by atoms with E-state index in [9.17, 15) is 26.4 Å². The van der Waals surface area contributed by atoms with E-state index in [1.54, 1.807) is 0 Å². The molecule has 0 saturated carbocycles. The molecule has 0 saturated heterocycles. The molecule has 0 aliphatic carbocycles. The van der Waals surface area contributed by atoms with Crippen molar-refractivity contribution >= 4 is 38.9 Å². The van der Waals surface area contributed by atoms with Crippen molar-refractivity contribution in [2.24, 2.45) is 0 Å². The van der Waals surface area contributed by atoms with Gasteiger partial charge in [-0.3, -0.25) is 9.10 Å². The molecule has 2 aromatic rings. The third-order valence-electron chi connectivity index (χ3n) is 3.64. The molecule has 1 N–H and O–H groups in total. The van der Waals surface area contributed by atoms with Crippen LogP contribution in [0.5, 0.6) is 0 Å². The lowest BCUT2D eigenvalue weighted by molar-refractivity contribution is -0.137. The Kier molecular flexibility index (Phi) is 6.06. The summed E-state index contributed by atoms with van der Waals surface area (Å²) < 4.78 is 64.4. The highest BCUT2D eigenvalue weighted by atomic mass is 35.5. The minimum atomic E-state index is -4.67. The number of carbonyl (C=O) groups excluding carboxylic acids is 1. The highest BCUT2D eigenvalue weighted by Crippen LogP contribution is 2.35. The Morgan fingerprint density at radius 1 is 1.15 bits per heavy atom. The summed E-state index contributed by atoms with van der Waals surface area (Å²) in [6.07, 6.45) is -3.78. The molecule has 0 aromatic heterocycles. The van der Waals surface area contributed by atoms with Gasteiger partial charge in [0.15, 0.2) is 0 Å². The number of halogens is 4. The first-order chi connectivity index (χ1) is 12.4. The van der Waals surface area contributed by atoms with Crippen LogP contribution >= 0.6 is 11.6 Å². The fraction of sp³-hybridized carbons (Fsp3) is 0.235. The first-order valence-electron chi connectivity index (χ1n) is 7.63. The molecule has 0 aliphatic rings. The molecule has 10 heteroatoms. The Morgan fingerprint density at radius 3 is 2.33 bits per heavy atom. The van der Waals surface area contributed by atoms with Gasteiger partial charge in [-0.25, -0.2) is 8.42 Å². The molecule has 1 amide bonds. The summed E-state index contributed by atoms with van der Waals surface area (Å²) in [6.45, 7) is 1.27. The van der Waals surface area contributed by atoms with E-state index < -0.39 is 39.4 Å². The van der Waals surface area contributed by atoms with Gasteiger partial charge >= 0.3 is 6.18 Å². The van der Waals surface area contributed by atoms with Crippen LogP contribution in [0.2, 0.25) is 5.02 Å². The highest BCUT2D eigenvalue weighted by molar-refractivity contribution is 7.92. The Morgan fingerprint density at radius 2 is 1.78 bits per heavy atom. The van der Waals surface area contributed by atoms with Crippen LogP contribution in [0, 0.1) is 0 Å². The second-order valence-electron chi connectivity index (χ2n) is 5.75. The van der Waals surface area contributed by atoms with Gasteiger partial charge < -0.3 is 5.32 Å². The molecule has 0 aliphatic heterocycles. The summed E-state index contributed by atoms with van der Waals surface area (Å²) in [5, 5.41) is 2.40. The van der Waals surface area contributed by atoms with Gasteiger partial charge in [0.2, 0.25) is 15.9 Å². The second kappa shape index (κ2) is 7.77. The van der Waals surface area contributed by atoms with E-state index in [0.717, 1.165) is 22.7 Å². The Labute approximate surface area is 159 Å². The number of nitrogens with one attached hydrogen (secondary N) is 1. The van der Waals surface area contributed by atoms with Gasteiger partial charge in [-0.05, 0) is 37.3 Å². The van der Waals surface area contributed by atoms with Gasteiger partial charge in [-0.2, -0.15) is 13.2 Å². The zero-order valence-corrected chi connectivity index (χ0v) is 15.9. The van der Waals surface area contributed by atoms with E-state index in [1.807, 2.05) is 0 Å². The third kappa shape index (κ3) is 5.14. The van der Waals surface area contributed by atoms with Crippen molar-refractivity contribution in [2.45, 2.75) is 19.1 Å². The number of carbonyl (C=O) groups is 1. The maximum Gasteiger partial charge on any atom is 0.418 e. The molecule has 1 unspecified atom stereocenters. The monoisotopic (exact) mass is 420 g/mol. The summed E-state index contributed by atoms with van der Waals surface area (Å²) in [7, 11) is -3.92. The van der Waals surface area contributed by atoms with Gasteiger partial charge in [0.05, 0.1) is 23.2 Å². The zero-order chi connectivity index (χ0) is 20.4. The van der Waals surface area contributed by atoms with Crippen molar-refractivity contribution < 1.29 is 26.4 Å². The number of benzene rings is 2. The van der Waals surface area contributed by atoms with Crippen molar-refractivity contribution in [3.05, 3.63) is 59.1 Å². The van der Waals surface area contributed by atoms with Crippen molar-refractivity contribution in [3.8, 4) is 0 Å². The lowest BCUT2D eigenvalue weighted by atomic mass is 10.1. The molecular formula is C17H16ClF3N2O3S. The number of alkyl halides is 3. The second-order valence-corrected chi connectivity index (χ2v) is 8.04. The van der Waals surface area contributed by atoms with Crippen LogP contribution in [-0.2, 0) is 21.0 Å². The molecule has 146 valence electrons. The Balaban J connectivity index is 2.38. The predicted octanol–water partition coefficient (Wildman–Crippen LogP) is 4.15. The van der Waals surface area contributed by atoms with Gasteiger partial charge in [0.1, 0.15) is 6.04 Å². The van der Waals surface area contributed by atoms with E-state index in [4.69, 9.17) is 11.6 Å². The van der Waals surface area contributed by atoms with E-state index in [2.05, 4.69) is 5.32 Å². The van der Waals surface area contributed by atoms with Crippen LogP contribution in [0.25, 0.3) is 0 Å². The fourth-order valence-corrected chi connectivity index (χ4v) is 3.85. The van der Waals surface area contributed by atoms with Gasteiger partial charge in [0.25, 0.3) is 0 Å². The van der Waals surface area contributed by atoms with Crippen LogP contribution in [0.15, 0.2) is 48.5 Å². The predicted molar refractivity (Wildman–Crippen MR) is 98.3 cm³/mol. The summed E-state index contributed by atoms with van der Waals surface area (Å²) in [5.41, 5.74) is -1.36. The SMILES string of the molecule is CC(C(=O)Nc1ccccc1C(F)(F)F)N(c1cccc(Cl)c1)S(C)(=O)=O. The molecule has 2 rings (SSSR count). The fourth-order valence-electron chi connectivity index (χ4n) is 2.50. The van der Waals surface area contributed by atoms with Gasteiger partial charge in [0, 0.05) is 5.02 Å². The van der Waals surface area contributed by atoms with Crippen molar-refractivity contribution in [2.75, 3.05) is 15.9 Å². The normalized spacial score (nSPS) is 13.1. The van der Waals surface area contributed by atoms with Crippen molar-refractivity contribution in [3.63, 3.8) is 0 Å². The van der Waals surface area contributed by atoms with Crippen LogP contribution in [-0.4, -0.2) is 26.6 Å². The van der Waals surface area contributed by atoms with Crippen molar-refractivity contribution in [1.82, 2.24) is 0 Å². The number of nitrogens with zero attached hydrogens (tertiary/aromatic N) is 1. The number of hydrogen-bond donors (Lipinski definition) is 1. The molecule has 27 heavy (non-hydrogen) atoms. The van der Waals surface area contributed by atoms with Gasteiger partial charge in [-0.1, -0.05) is 29.8 Å². The average molecular weight is 421 g/mol. The van der Waals surface area contributed by atoms with Crippen LogP contribution in [0.4, 0.5) is 24.5 Å². The zero-order valence-electron chi connectivity index (χ0n) is 14.3.